The van der Waals surface area contributed by atoms with Crippen LogP contribution in [0.2, 0.25) is 0 Å². The van der Waals surface area contributed by atoms with Crippen LogP contribution in [0.3, 0.4) is 0 Å². The van der Waals surface area contributed by atoms with Crippen molar-refractivity contribution in [1.29, 1.82) is 0 Å². The molecular weight excluding hydrogens is 679 g/mol. The maximum absolute atomic E-state index is 12.9. The van der Waals surface area contributed by atoms with E-state index in [1.807, 2.05) is 39.8 Å². The molecule has 8 nitrogen and oxygen atoms in total. The van der Waals surface area contributed by atoms with Crippen molar-refractivity contribution < 1.29 is 34.8 Å². The number of piperidine rings is 1. The Bertz CT molecular complexity index is 1270. The summed E-state index contributed by atoms with van der Waals surface area (Å²) < 4.78 is 6.70. The van der Waals surface area contributed by atoms with Crippen LogP contribution in [0, 0.1) is 59.2 Å². The van der Waals surface area contributed by atoms with Crippen LogP contribution in [-0.4, -0.2) is 68.4 Å². The molecule has 1 spiro atoms. The first kappa shape index (κ1) is 48.0. The number of aliphatic hydroxyl groups is 4. The predicted molar refractivity (Wildman–Crippen MR) is 220 cm³/mol. The molecule has 8 heteroatoms. The maximum Gasteiger partial charge on any atom is 0.225 e. The average molecular weight is 758 g/mol. The lowest BCUT2D eigenvalue weighted by molar-refractivity contribution is -0.267. The number of amides is 1. The lowest BCUT2D eigenvalue weighted by Gasteiger charge is -2.56. The summed E-state index contributed by atoms with van der Waals surface area (Å²) in [6, 6.07) is 0. The Kier molecular flexibility index (Phi) is 20.1. The Morgan fingerprint density at radius 2 is 1.63 bits per heavy atom. The van der Waals surface area contributed by atoms with Gasteiger partial charge >= 0.3 is 0 Å². The van der Waals surface area contributed by atoms with Gasteiger partial charge in [-0.3, -0.25) is 4.79 Å². The van der Waals surface area contributed by atoms with Crippen molar-refractivity contribution in [3.63, 3.8) is 0 Å². The van der Waals surface area contributed by atoms with Crippen molar-refractivity contribution in [2.45, 2.75) is 171 Å². The molecule has 0 saturated carbocycles. The predicted octanol–water partition coefficient (Wildman–Crippen LogP) is 8.34. The SMILES string of the molecule is CC[C@H]1C[C@H](C)[C@@]2(NC1=O)O[C@@H](C[C@H](O)[C@@H](C)CC/C=C/C=C(\C)[C@H](C/C=C/C=C/[C@H](O)[C@H](C)[C@@H](O)[C@@H](CCC(C)=O)C(C)C)C(C)C)[C@H](C)[C@H](O)[C@@H]2C. The Morgan fingerprint density at radius 1 is 0.963 bits per heavy atom. The Morgan fingerprint density at radius 3 is 2.22 bits per heavy atom. The molecule has 2 heterocycles. The minimum atomic E-state index is -0.919. The molecule has 0 unspecified atom stereocenters. The zero-order valence-corrected chi connectivity index (χ0v) is 35.9. The molecular formula is C46H79NO7. The molecule has 0 bridgehead atoms. The summed E-state index contributed by atoms with van der Waals surface area (Å²) in [7, 11) is 0. The number of aliphatic hydroxyl groups excluding tert-OH is 4. The number of carbonyl (C=O) groups is 2. The molecule has 0 radical (unpaired) electrons. The van der Waals surface area contributed by atoms with Gasteiger partial charge in [-0.2, -0.15) is 0 Å². The van der Waals surface area contributed by atoms with Gasteiger partial charge < -0.3 is 35.3 Å². The third kappa shape index (κ3) is 13.2. The van der Waals surface area contributed by atoms with Crippen LogP contribution < -0.4 is 5.32 Å². The lowest BCUT2D eigenvalue weighted by Crippen LogP contribution is -2.71. The zero-order chi connectivity index (χ0) is 40.9. The quantitative estimate of drug-likeness (QED) is 0.0743. The van der Waals surface area contributed by atoms with Crippen molar-refractivity contribution in [1.82, 2.24) is 5.32 Å². The Labute approximate surface area is 329 Å². The second-order valence-corrected chi connectivity index (χ2v) is 17.9. The highest BCUT2D eigenvalue weighted by molar-refractivity contribution is 5.80. The van der Waals surface area contributed by atoms with Crippen LogP contribution in [-0.2, 0) is 14.3 Å². The number of hydrogen-bond donors (Lipinski definition) is 5. The van der Waals surface area contributed by atoms with E-state index in [4.69, 9.17) is 4.74 Å². The van der Waals surface area contributed by atoms with E-state index in [9.17, 15) is 30.0 Å². The minimum Gasteiger partial charge on any atom is -0.393 e. The van der Waals surface area contributed by atoms with Crippen molar-refractivity contribution >= 4 is 11.7 Å². The maximum atomic E-state index is 12.9. The third-order valence-electron chi connectivity index (χ3n) is 13.2. The summed E-state index contributed by atoms with van der Waals surface area (Å²) in [5, 5.41) is 47.4. The summed E-state index contributed by atoms with van der Waals surface area (Å²) in [6.45, 7) is 24.3. The van der Waals surface area contributed by atoms with E-state index >= 15 is 0 Å². The Hall–Kier alpha value is -2.10. The van der Waals surface area contributed by atoms with Gasteiger partial charge in [0.2, 0.25) is 5.91 Å². The number of carbonyl (C=O) groups excluding carboxylic acids is 2. The van der Waals surface area contributed by atoms with Crippen LogP contribution in [0.4, 0.5) is 0 Å². The number of allylic oxidation sites excluding steroid dienone is 7. The van der Waals surface area contributed by atoms with Crippen molar-refractivity contribution in [3.8, 4) is 0 Å². The topological polar surface area (TPSA) is 136 Å². The number of Topliss-reactive ketones (excluding diaryl/α,β-unsaturated/α-hetero) is 1. The largest absolute Gasteiger partial charge is 0.393 e. The molecule has 5 N–H and O–H groups in total. The first-order valence-corrected chi connectivity index (χ1v) is 21.2. The molecule has 2 aliphatic rings. The molecule has 0 aromatic heterocycles. The molecule has 0 aromatic rings. The summed E-state index contributed by atoms with van der Waals surface area (Å²) >= 11 is 0. The third-order valence-corrected chi connectivity index (χ3v) is 13.2. The normalized spacial score (nSPS) is 31.0. The molecule has 54 heavy (non-hydrogen) atoms. The molecule has 0 aromatic carbocycles. The van der Waals surface area contributed by atoms with Crippen molar-refractivity contribution in [3.05, 3.63) is 48.1 Å². The minimum absolute atomic E-state index is 0.00441. The lowest BCUT2D eigenvalue weighted by atomic mass is 9.69. The molecule has 2 aliphatic heterocycles. The van der Waals surface area contributed by atoms with Gasteiger partial charge in [0.05, 0.1) is 30.5 Å². The van der Waals surface area contributed by atoms with Gasteiger partial charge in [-0.15, -0.1) is 0 Å². The van der Waals surface area contributed by atoms with Gasteiger partial charge in [-0.25, -0.2) is 0 Å². The fraction of sp³-hybridized carbons (Fsp3) is 0.783. The highest BCUT2D eigenvalue weighted by Gasteiger charge is 2.57. The van der Waals surface area contributed by atoms with Gasteiger partial charge in [0, 0.05) is 42.4 Å². The number of ether oxygens (including phenoxy) is 1. The number of nitrogens with one attached hydrogen (secondary N) is 1. The highest BCUT2D eigenvalue weighted by Crippen LogP contribution is 2.46. The summed E-state index contributed by atoms with van der Waals surface area (Å²) in [4.78, 5) is 24.4. The van der Waals surface area contributed by atoms with E-state index in [1.165, 1.54) is 5.57 Å². The molecule has 2 rings (SSSR count). The Balaban J connectivity index is 1.90. The summed E-state index contributed by atoms with van der Waals surface area (Å²) in [5.41, 5.74) is 0.376. The standard InChI is InChI=1S/C46H79NO7/c1-13-37-26-32(8)46(47-45(37)53)36(12)43(51)35(11)42(54-46)27-41(50)31(7)21-17-14-16-20-30(6)38(28(2)3)22-18-15-19-23-40(49)34(10)44(52)39(29(4)5)25-24-33(9)48/h14-16,18-20,23,28-29,31-32,34-44,49-52H,13,17,21-22,24-27H2,1-12H3,(H,47,53)/b16-14+,18-15+,23-19+,30-20+/t31-,32-,34-,35-,36-,37-,38+,39-,40-,41-,42-,43-,44+,46+/m0/s1. The van der Waals surface area contributed by atoms with Crippen LogP contribution >= 0.6 is 0 Å². The van der Waals surface area contributed by atoms with Crippen molar-refractivity contribution in [2.75, 3.05) is 0 Å². The fourth-order valence-corrected chi connectivity index (χ4v) is 8.81. The van der Waals surface area contributed by atoms with E-state index in [2.05, 4.69) is 78.1 Å². The van der Waals surface area contributed by atoms with Gasteiger partial charge in [0.25, 0.3) is 0 Å². The first-order valence-electron chi connectivity index (χ1n) is 21.2. The van der Waals surface area contributed by atoms with Gasteiger partial charge in [-0.1, -0.05) is 117 Å². The summed E-state index contributed by atoms with van der Waals surface area (Å²) in [5.74, 6) is 0.410. The molecule has 1 amide bonds. The fourth-order valence-electron chi connectivity index (χ4n) is 8.81. The van der Waals surface area contributed by atoms with Gasteiger partial charge in [0.1, 0.15) is 11.5 Å². The van der Waals surface area contributed by atoms with Gasteiger partial charge in [0.15, 0.2) is 0 Å². The second-order valence-electron chi connectivity index (χ2n) is 17.9. The number of rotatable bonds is 21. The van der Waals surface area contributed by atoms with Crippen molar-refractivity contribution in [2.24, 2.45) is 59.2 Å². The number of hydrogen-bond acceptors (Lipinski definition) is 7. The molecule has 2 saturated heterocycles. The molecule has 14 atom stereocenters. The molecule has 310 valence electrons. The van der Waals surface area contributed by atoms with Crippen LogP contribution in [0.25, 0.3) is 0 Å². The monoisotopic (exact) mass is 758 g/mol. The zero-order valence-electron chi connectivity index (χ0n) is 35.9. The van der Waals surface area contributed by atoms with E-state index in [0.717, 1.165) is 32.1 Å². The van der Waals surface area contributed by atoms with E-state index in [0.29, 0.717) is 31.1 Å². The second kappa shape index (κ2) is 22.6. The van der Waals surface area contributed by atoms with Crippen LogP contribution in [0.5, 0.6) is 0 Å². The number of ketones is 1. The van der Waals surface area contributed by atoms with Crippen LogP contribution in [0.1, 0.15) is 134 Å². The highest BCUT2D eigenvalue weighted by atomic mass is 16.5. The summed E-state index contributed by atoms with van der Waals surface area (Å²) in [6.07, 6.45) is 16.6. The van der Waals surface area contributed by atoms with E-state index in [-0.39, 0.29) is 65.1 Å². The molecule has 0 aliphatic carbocycles. The van der Waals surface area contributed by atoms with E-state index in [1.54, 1.807) is 13.0 Å². The van der Waals surface area contributed by atoms with E-state index < -0.39 is 30.1 Å². The average Bonchev–Trinajstić information content (AvgIpc) is 3.11. The molecule has 2 fully saturated rings. The van der Waals surface area contributed by atoms with Gasteiger partial charge in [-0.05, 0) is 82.0 Å². The smallest absolute Gasteiger partial charge is 0.225 e. The van der Waals surface area contributed by atoms with Crippen LogP contribution in [0.15, 0.2) is 48.1 Å². The first-order chi connectivity index (χ1) is 25.3.